The fourth-order valence-corrected chi connectivity index (χ4v) is 7.03. The van der Waals surface area contributed by atoms with Gasteiger partial charge in [-0.3, -0.25) is 0 Å². The van der Waals surface area contributed by atoms with Crippen LogP contribution in [0.4, 0.5) is 0 Å². The highest BCUT2D eigenvalue weighted by Gasteiger charge is 2.49. The SMILES string of the molecule is Cc1ccc(S(=O)(=O)N2C[C@@H]3O[C@H](CNS(=O)(=O)c4ccccc4C)CC[C@@H]32)cc1. The summed E-state index contributed by atoms with van der Waals surface area (Å²) in [6.07, 6.45) is 0.769. The molecule has 0 saturated carbocycles. The summed E-state index contributed by atoms with van der Waals surface area (Å²) in [5.41, 5.74) is 1.69. The van der Waals surface area contributed by atoms with E-state index in [1.165, 1.54) is 4.31 Å². The zero-order chi connectivity index (χ0) is 21.5. The van der Waals surface area contributed by atoms with Crippen LogP contribution in [0.15, 0.2) is 58.3 Å². The van der Waals surface area contributed by atoms with Gasteiger partial charge in [-0.1, -0.05) is 35.9 Å². The van der Waals surface area contributed by atoms with Gasteiger partial charge in [0.05, 0.1) is 28.0 Å². The second-order valence-corrected chi connectivity index (χ2v) is 11.6. The van der Waals surface area contributed by atoms with E-state index < -0.39 is 20.0 Å². The summed E-state index contributed by atoms with van der Waals surface area (Å²) in [6.45, 7) is 4.14. The molecule has 2 aliphatic heterocycles. The van der Waals surface area contributed by atoms with Crippen LogP contribution in [0.3, 0.4) is 0 Å². The van der Waals surface area contributed by atoms with Crippen molar-refractivity contribution in [3.8, 4) is 0 Å². The van der Waals surface area contributed by atoms with Gasteiger partial charge in [-0.25, -0.2) is 21.6 Å². The largest absolute Gasteiger partial charge is 0.371 e. The molecular formula is C21H26N2O5S2. The van der Waals surface area contributed by atoms with E-state index in [2.05, 4.69) is 4.72 Å². The topological polar surface area (TPSA) is 92.8 Å². The van der Waals surface area contributed by atoms with Crippen LogP contribution >= 0.6 is 0 Å². The van der Waals surface area contributed by atoms with Gasteiger partial charge in [0.2, 0.25) is 20.0 Å². The third kappa shape index (κ3) is 4.04. The highest BCUT2D eigenvalue weighted by Crippen LogP contribution is 2.36. The molecule has 2 aliphatic rings. The van der Waals surface area contributed by atoms with Crippen molar-refractivity contribution in [2.24, 2.45) is 0 Å². The number of nitrogens with one attached hydrogen (secondary N) is 1. The Morgan fingerprint density at radius 3 is 2.37 bits per heavy atom. The van der Waals surface area contributed by atoms with Crippen LogP contribution in [0.2, 0.25) is 0 Å². The Hall–Kier alpha value is -1.78. The number of rotatable bonds is 6. The van der Waals surface area contributed by atoms with Crippen molar-refractivity contribution in [3.05, 3.63) is 59.7 Å². The minimum Gasteiger partial charge on any atom is -0.371 e. The van der Waals surface area contributed by atoms with Crippen LogP contribution in [0.1, 0.15) is 24.0 Å². The molecule has 0 aliphatic carbocycles. The van der Waals surface area contributed by atoms with Crippen molar-refractivity contribution < 1.29 is 21.6 Å². The van der Waals surface area contributed by atoms with Crippen LogP contribution in [0.5, 0.6) is 0 Å². The van der Waals surface area contributed by atoms with E-state index in [-0.39, 0.29) is 29.7 Å². The average Bonchev–Trinajstić information content (AvgIpc) is 2.68. The second kappa shape index (κ2) is 8.05. The van der Waals surface area contributed by atoms with Crippen LogP contribution < -0.4 is 4.72 Å². The van der Waals surface area contributed by atoms with Crippen molar-refractivity contribution in [1.82, 2.24) is 9.03 Å². The molecule has 2 fully saturated rings. The number of hydrogen-bond acceptors (Lipinski definition) is 5. The zero-order valence-corrected chi connectivity index (χ0v) is 18.6. The molecule has 0 radical (unpaired) electrons. The molecule has 30 heavy (non-hydrogen) atoms. The molecule has 2 saturated heterocycles. The third-order valence-electron chi connectivity index (χ3n) is 5.82. The van der Waals surface area contributed by atoms with Gasteiger partial charge in [-0.15, -0.1) is 0 Å². The Labute approximate surface area is 178 Å². The molecule has 0 spiro atoms. The number of aryl methyl sites for hydroxylation is 2. The Bertz CT molecular complexity index is 1130. The molecule has 4 rings (SSSR count). The third-order valence-corrected chi connectivity index (χ3v) is 9.31. The van der Waals surface area contributed by atoms with E-state index in [9.17, 15) is 16.8 Å². The summed E-state index contributed by atoms with van der Waals surface area (Å²) in [5.74, 6) is 0. The average molecular weight is 451 g/mol. The number of hydrogen-bond donors (Lipinski definition) is 1. The molecule has 3 atom stereocenters. The number of sulfonamides is 2. The first-order valence-corrected chi connectivity index (χ1v) is 12.9. The van der Waals surface area contributed by atoms with Gasteiger partial charge in [-0.2, -0.15) is 4.31 Å². The Morgan fingerprint density at radius 1 is 1.00 bits per heavy atom. The second-order valence-electron chi connectivity index (χ2n) is 7.95. The summed E-state index contributed by atoms with van der Waals surface area (Å²) < 4.78 is 61.0. The molecule has 9 heteroatoms. The van der Waals surface area contributed by atoms with Gasteiger partial charge >= 0.3 is 0 Å². The zero-order valence-electron chi connectivity index (χ0n) is 17.0. The molecule has 2 heterocycles. The van der Waals surface area contributed by atoms with Crippen LogP contribution in [0, 0.1) is 13.8 Å². The van der Waals surface area contributed by atoms with Crippen LogP contribution in [-0.4, -0.2) is 52.5 Å². The summed E-state index contributed by atoms with van der Waals surface area (Å²) in [7, 11) is -7.15. The minimum absolute atomic E-state index is 0.171. The maximum absolute atomic E-state index is 12.9. The minimum atomic E-state index is -3.61. The molecule has 1 N–H and O–H groups in total. The van der Waals surface area contributed by atoms with Crippen molar-refractivity contribution in [2.45, 2.75) is 54.7 Å². The van der Waals surface area contributed by atoms with Crippen molar-refractivity contribution in [3.63, 3.8) is 0 Å². The van der Waals surface area contributed by atoms with Crippen molar-refractivity contribution >= 4 is 20.0 Å². The Morgan fingerprint density at radius 2 is 1.70 bits per heavy atom. The molecule has 2 aromatic carbocycles. The van der Waals surface area contributed by atoms with E-state index in [1.54, 1.807) is 55.5 Å². The highest BCUT2D eigenvalue weighted by molar-refractivity contribution is 7.89. The summed E-state index contributed by atoms with van der Waals surface area (Å²) in [5, 5.41) is 0. The lowest BCUT2D eigenvalue weighted by Crippen LogP contribution is -2.66. The lowest BCUT2D eigenvalue weighted by atomic mass is 9.92. The number of benzene rings is 2. The number of fused-ring (bicyclic) bond motifs is 1. The predicted octanol–water partition coefficient (Wildman–Crippen LogP) is 2.20. The van der Waals surface area contributed by atoms with E-state index in [4.69, 9.17) is 4.74 Å². The standard InChI is InChI=1S/C21H26N2O5S2/c1-15-7-10-18(11-8-15)30(26,27)23-14-20-19(23)12-9-17(28-20)13-22-29(24,25)21-6-4-3-5-16(21)2/h3-8,10-11,17,19-20,22H,9,12-14H2,1-2H3/t17-,19-,20-/m0/s1. The number of nitrogens with zero attached hydrogens (tertiary/aromatic N) is 1. The first-order chi connectivity index (χ1) is 14.2. The monoisotopic (exact) mass is 450 g/mol. The summed E-state index contributed by atoms with van der Waals surface area (Å²) in [4.78, 5) is 0.553. The molecule has 0 unspecified atom stereocenters. The highest BCUT2D eigenvalue weighted by atomic mass is 32.2. The van der Waals surface area contributed by atoms with Crippen LogP contribution in [0.25, 0.3) is 0 Å². The first-order valence-electron chi connectivity index (χ1n) is 9.98. The smallest absolute Gasteiger partial charge is 0.243 e. The van der Waals surface area contributed by atoms with E-state index in [0.29, 0.717) is 29.8 Å². The molecule has 0 aromatic heterocycles. The van der Waals surface area contributed by atoms with Gasteiger partial charge in [0, 0.05) is 13.1 Å². The van der Waals surface area contributed by atoms with Gasteiger partial charge in [-0.05, 0) is 50.5 Å². The quantitative estimate of drug-likeness (QED) is 0.728. The molecule has 7 nitrogen and oxygen atoms in total. The Kier molecular flexibility index (Phi) is 5.75. The maximum atomic E-state index is 12.9. The Balaban J connectivity index is 1.36. The molecule has 0 amide bonds. The molecule has 2 aromatic rings. The van der Waals surface area contributed by atoms with Gasteiger partial charge < -0.3 is 4.74 Å². The lowest BCUT2D eigenvalue weighted by molar-refractivity contribution is -0.136. The van der Waals surface area contributed by atoms with Gasteiger partial charge in [0.25, 0.3) is 0 Å². The van der Waals surface area contributed by atoms with Crippen molar-refractivity contribution in [2.75, 3.05) is 13.1 Å². The van der Waals surface area contributed by atoms with E-state index in [1.807, 2.05) is 6.92 Å². The number of ether oxygens (including phenoxy) is 1. The molecule has 0 bridgehead atoms. The predicted molar refractivity (Wildman–Crippen MR) is 113 cm³/mol. The first kappa shape index (κ1) is 21.5. The van der Waals surface area contributed by atoms with E-state index >= 15 is 0 Å². The van der Waals surface area contributed by atoms with E-state index in [0.717, 1.165) is 5.56 Å². The molecule has 162 valence electrons. The molecular weight excluding hydrogens is 424 g/mol. The van der Waals surface area contributed by atoms with Crippen molar-refractivity contribution in [1.29, 1.82) is 0 Å². The fourth-order valence-electron chi connectivity index (χ4n) is 4.03. The fraction of sp³-hybridized carbons (Fsp3) is 0.429. The van der Waals surface area contributed by atoms with Crippen LogP contribution in [-0.2, 0) is 24.8 Å². The normalized spacial score (nSPS) is 24.8. The maximum Gasteiger partial charge on any atom is 0.243 e. The van der Waals surface area contributed by atoms with Gasteiger partial charge in [0.15, 0.2) is 0 Å². The summed E-state index contributed by atoms with van der Waals surface area (Å²) in [6, 6.07) is 13.5. The summed E-state index contributed by atoms with van der Waals surface area (Å²) >= 11 is 0. The van der Waals surface area contributed by atoms with Gasteiger partial charge in [0.1, 0.15) is 0 Å². The lowest BCUT2D eigenvalue weighted by Gasteiger charge is -2.50.